The first-order valence-electron chi connectivity index (χ1n) is 4.24. The lowest BCUT2D eigenvalue weighted by Crippen LogP contribution is -2.13. The number of aliphatic hydroxyl groups is 1. The summed E-state index contributed by atoms with van der Waals surface area (Å²) in [6.07, 6.45) is 6.72. The molecule has 3 heteroatoms. The van der Waals surface area contributed by atoms with Crippen molar-refractivity contribution in [2.24, 2.45) is 0 Å². The Labute approximate surface area is 78.4 Å². The van der Waals surface area contributed by atoms with Gasteiger partial charge in [-0.25, -0.2) is 0 Å². The molecule has 0 saturated carbocycles. The molecule has 0 spiro atoms. The van der Waals surface area contributed by atoms with Crippen molar-refractivity contribution in [1.82, 2.24) is 5.32 Å². The molecule has 0 radical (unpaired) electrons. The highest BCUT2D eigenvalue weighted by molar-refractivity contribution is 5.34. The number of ether oxygens (including phenoxy) is 1. The fraction of sp³-hybridized carbons (Fsp3) is 0.400. The Morgan fingerprint density at radius 3 is 3.00 bits per heavy atom. The van der Waals surface area contributed by atoms with Gasteiger partial charge in [0.25, 0.3) is 0 Å². The summed E-state index contributed by atoms with van der Waals surface area (Å²) >= 11 is 0. The highest BCUT2D eigenvalue weighted by Gasteiger charge is 2.02. The molecule has 0 saturated heterocycles. The van der Waals surface area contributed by atoms with E-state index in [1.807, 2.05) is 25.2 Å². The third-order valence-corrected chi connectivity index (χ3v) is 1.94. The van der Waals surface area contributed by atoms with Gasteiger partial charge in [0.05, 0.1) is 12.9 Å². The Morgan fingerprint density at radius 1 is 1.62 bits per heavy atom. The van der Waals surface area contributed by atoms with E-state index in [-0.39, 0.29) is 6.73 Å². The lowest BCUT2D eigenvalue weighted by molar-refractivity contribution is 0.276. The quantitative estimate of drug-likeness (QED) is 0.645. The number of nitrogens with one attached hydrogen (secondary N) is 1. The topological polar surface area (TPSA) is 41.5 Å². The lowest BCUT2D eigenvalue weighted by Gasteiger charge is -2.05. The first-order chi connectivity index (χ1) is 6.27. The summed E-state index contributed by atoms with van der Waals surface area (Å²) < 4.78 is 5.15. The highest BCUT2D eigenvalue weighted by atomic mass is 16.5. The van der Waals surface area contributed by atoms with Gasteiger partial charge in [-0.2, -0.15) is 0 Å². The molecular weight excluding hydrogens is 166 g/mol. The zero-order chi connectivity index (χ0) is 9.68. The third-order valence-electron chi connectivity index (χ3n) is 1.94. The molecule has 1 rings (SSSR count). The van der Waals surface area contributed by atoms with Crippen molar-refractivity contribution in [3.05, 3.63) is 35.3 Å². The van der Waals surface area contributed by atoms with Gasteiger partial charge in [-0.05, 0) is 24.6 Å². The van der Waals surface area contributed by atoms with Crippen LogP contribution < -0.4 is 5.32 Å². The standard InChI is InChI=1S/C10H15NO2/c1-8-6-9(13-2)4-3-5-10(8)11-7-12/h3,5-6,11-12H,4,7H2,1-2H3. The van der Waals surface area contributed by atoms with Gasteiger partial charge in [0, 0.05) is 12.1 Å². The van der Waals surface area contributed by atoms with Crippen molar-refractivity contribution in [3.63, 3.8) is 0 Å². The molecule has 72 valence electrons. The number of rotatable bonds is 3. The summed E-state index contributed by atoms with van der Waals surface area (Å²) in [4.78, 5) is 0. The fourth-order valence-corrected chi connectivity index (χ4v) is 1.23. The number of methoxy groups -OCH3 is 1. The monoisotopic (exact) mass is 181 g/mol. The van der Waals surface area contributed by atoms with Crippen molar-refractivity contribution >= 4 is 0 Å². The Kier molecular flexibility index (Phi) is 3.58. The predicted octanol–water partition coefficient (Wildman–Crippen LogP) is 1.29. The van der Waals surface area contributed by atoms with Crippen LogP contribution in [0.4, 0.5) is 0 Å². The minimum atomic E-state index is -0.0484. The van der Waals surface area contributed by atoms with Gasteiger partial charge in [0.15, 0.2) is 0 Å². The van der Waals surface area contributed by atoms with Crippen LogP contribution in [0, 0.1) is 0 Å². The maximum absolute atomic E-state index is 8.72. The van der Waals surface area contributed by atoms with Crippen LogP contribution in [-0.4, -0.2) is 18.9 Å². The zero-order valence-corrected chi connectivity index (χ0v) is 8.00. The van der Waals surface area contributed by atoms with E-state index >= 15 is 0 Å². The average Bonchev–Trinajstić information content (AvgIpc) is 2.30. The first kappa shape index (κ1) is 9.86. The minimum Gasteiger partial charge on any atom is -0.501 e. The normalized spacial score (nSPS) is 16.7. The molecule has 0 amide bonds. The zero-order valence-electron chi connectivity index (χ0n) is 8.00. The summed E-state index contributed by atoms with van der Waals surface area (Å²) in [6.45, 7) is 1.93. The van der Waals surface area contributed by atoms with E-state index in [0.29, 0.717) is 0 Å². The highest BCUT2D eigenvalue weighted by Crippen LogP contribution is 2.15. The number of aliphatic hydroxyl groups excluding tert-OH is 1. The number of hydrogen-bond acceptors (Lipinski definition) is 3. The Hall–Kier alpha value is -1.22. The molecule has 0 aromatic heterocycles. The van der Waals surface area contributed by atoms with Crippen molar-refractivity contribution in [2.45, 2.75) is 13.3 Å². The maximum Gasteiger partial charge on any atom is 0.113 e. The van der Waals surface area contributed by atoms with E-state index in [1.165, 1.54) is 0 Å². The molecule has 1 aliphatic carbocycles. The second-order valence-corrected chi connectivity index (χ2v) is 2.85. The largest absolute Gasteiger partial charge is 0.501 e. The molecule has 13 heavy (non-hydrogen) atoms. The van der Waals surface area contributed by atoms with Gasteiger partial charge in [0.2, 0.25) is 0 Å². The molecule has 1 aliphatic rings. The molecule has 0 bridgehead atoms. The van der Waals surface area contributed by atoms with Crippen LogP contribution in [0.2, 0.25) is 0 Å². The molecular formula is C10H15NO2. The van der Waals surface area contributed by atoms with Gasteiger partial charge in [-0.15, -0.1) is 0 Å². The van der Waals surface area contributed by atoms with E-state index in [9.17, 15) is 0 Å². The Bertz CT molecular complexity index is 264. The number of hydrogen-bond donors (Lipinski definition) is 2. The van der Waals surface area contributed by atoms with Gasteiger partial charge in [-0.1, -0.05) is 6.08 Å². The van der Waals surface area contributed by atoms with Gasteiger partial charge in [-0.3, -0.25) is 0 Å². The van der Waals surface area contributed by atoms with Crippen LogP contribution in [0.5, 0.6) is 0 Å². The average molecular weight is 181 g/mol. The molecule has 0 aromatic carbocycles. The molecule has 0 unspecified atom stereocenters. The van der Waals surface area contributed by atoms with Crippen LogP contribution >= 0.6 is 0 Å². The smallest absolute Gasteiger partial charge is 0.113 e. The summed E-state index contributed by atoms with van der Waals surface area (Å²) in [5.74, 6) is 0.934. The Balaban J connectivity index is 2.86. The van der Waals surface area contributed by atoms with Gasteiger partial charge >= 0.3 is 0 Å². The minimum absolute atomic E-state index is 0.0484. The van der Waals surface area contributed by atoms with Crippen LogP contribution in [-0.2, 0) is 4.74 Å². The van der Waals surface area contributed by atoms with Crippen LogP contribution in [0.3, 0.4) is 0 Å². The Morgan fingerprint density at radius 2 is 2.38 bits per heavy atom. The van der Waals surface area contributed by atoms with E-state index in [4.69, 9.17) is 9.84 Å². The summed E-state index contributed by atoms with van der Waals surface area (Å²) in [7, 11) is 1.66. The van der Waals surface area contributed by atoms with E-state index in [0.717, 1.165) is 23.5 Å². The molecule has 0 aromatic rings. The molecule has 3 nitrogen and oxygen atoms in total. The van der Waals surface area contributed by atoms with Gasteiger partial charge in [0.1, 0.15) is 6.73 Å². The maximum atomic E-state index is 8.72. The second-order valence-electron chi connectivity index (χ2n) is 2.85. The van der Waals surface area contributed by atoms with E-state index in [2.05, 4.69) is 5.32 Å². The second kappa shape index (κ2) is 4.72. The molecule has 0 atom stereocenters. The van der Waals surface area contributed by atoms with E-state index < -0.39 is 0 Å². The lowest BCUT2D eigenvalue weighted by atomic mass is 10.2. The van der Waals surface area contributed by atoms with Crippen molar-refractivity contribution in [2.75, 3.05) is 13.8 Å². The van der Waals surface area contributed by atoms with Crippen LogP contribution in [0.15, 0.2) is 35.3 Å². The van der Waals surface area contributed by atoms with E-state index in [1.54, 1.807) is 7.11 Å². The van der Waals surface area contributed by atoms with Crippen molar-refractivity contribution in [1.29, 1.82) is 0 Å². The number of allylic oxidation sites excluding steroid dienone is 4. The SMILES string of the molecule is COC1=CC(C)=C(NCO)C=CC1. The predicted molar refractivity (Wildman–Crippen MR) is 51.8 cm³/mol. The molecule has 0 aliphatic heterocycles. The fourth-order valence-electron chi connectivity index (χ4n) is 1.23. The van der Waals surface area contributed by atoms with Crippen molar-refractivity contribution in [3.8, 4) is 0 Å². The van der Waals surface area contributed by atoms with Crippen LogP contribution in [0.25, 0.3) is 0 Å². The summed E-state index contributed by atoms with van der Waals surface area (Å²) in [5.41, 5.74) is 2.01. The molecule has 0 heterocycles. The molecule has 0 fully saturated rings. The third kappa shape index (κ3) is 2.63. The van der Waals surface area contributed by atoms with Crippen molar-refractivity contribution < 1.29 is 9.84 Å². The first-order valence-corrected chi connectivity index (χ1v) is 4.24. The molecule has 2 N–H and O–H groups in total. The van der Waals surface area contributed by atoms with Gasteiger partial charge < -0.3 is 15.2 Å². The van der Waals surface area contributed by atoms with Crippen LogP contribution in [0.1, 0.15) is 13.3 Å². The summed E-state index contributed by atoms with van der Waals surface area (Å²) in [5, 5.41) is 11.6. The summed E-state index contributed by atoms with van der Waals surface area (Å²) in [6, 6.07) is 0.